The summed E-state index contributed by atoms with van der Waals surface area (Å²) in [5.41, 5.74) is 4.46. The zero-order valence-electron chi connectivity index (χ0n) is 16.6. The van der Waals surface area contributed by atoms with E-state index in [4.69, 9.17) is 0 Å². The number of hydrogen-bond acceptors (Lipinski definition) is 2. The molecule has 4 rings (SSSR count). The molecule has 0 aromatic heterocycles. The zero-order chi connectivity index (χ0) is 20.4. The van der Waals surface area contributed by atoms with Crippen LogP contribution in [0.15, 0.2) is 97.1 Å². The molecule has 4 aromatic rings. The van der Waals surface area contributed by atoms with Gasteiger partial charge in [0.1, 0.15) is 11.5 Å². The smallest absolute Gasteiger partial charge is 0.127 e. The fourth-order valence-electron chi connectivity index (χ4n) is 3.94. The molecule has 4 aromatic carbocycles. The van der Waals surface area contributed by atoms with Crippen molar-refractivity contribution in [3.8, 4) is 33.8 Å². The van der Waals surface area contributed by atoms with Gasteiger partial charge in [0.2, 0.25) is 0 Å². The average Bonchev–Trinajstić information content (AvgIpc) is 2.75. The summed E-state index contributed by atoms with van der Waals surface area (Å²) in [5.74, 6) is 0.487. The summed E-state index contributed by atoms with van der Waals surface area (Å²) in [7, 11) is 0. The molecule has 0 aliphatic rings. The van der Waals surface area contributed by atoms with Gasteiger partial charge in [-0.05, 0) is 11.1 Å². The molecule has 0 saturated carbocycles. The first-order chi connectivity index (χ1) is 14.0. The van der Waals surface area contributed by atoms with Gasteiger partial charge in [0.15, 0.2) is 0 Å². The monoisotopic (exact) mass is 380 g/mol. The van der Waals surface area contributed by atoms with Crippen molar-refractivity contribution in [2.75, 3.05) is 0 Å². The van der Waals surface area contributed by atoms with Crippen LogP contribution in [0.4, 0.5) is 0 Å². The average molecular weight is 380 g/mol. The Morgan fingerprint density at radius 2 is 0.862 bits per heavy atom. The van der Waals surface area contributed by atoms with Crippen LogP contribution in [0.25, 0.3) is 22.3 Å². The van der Waals surface area contributed by atoms with Gasteiger partial charge in [0.05, 0.1) is 0 Å². The third kappa shape index (κ3) is 3.38. The van der Waals surface area contributed by atoms with E-state index in [0.717, 1.165) is 33.4 Å². The minimum absolute atomic E-state index is 0.244. The molecule has 0 amide bonds. The van der Waals surface area contributed by atoms with Gasteiger partial charge in [-0.25, -0.2) is 0 Å². The van der Waals surface area contributed by atoms with Gasteiger partial charge in [0, 0.05) is 27.7 Å². The Morgan fingerprint density at radius 3 is 1.24 bits per heavy atom. The lowest BCUT2D eigenvalue weighted by Gasteiger charge is -2.29. The van der Waals surface area contributed by atoms with Crippen LogP contribution in [-0.4, -0.2) is 10.2 Å². The number of rotatable bonds is 4. The fourth-order valence-corrected chi connectivity index (χ4v) is 3.94. The number of hydrogen-bond donors (Lipinski definition) is 2. The second kappa shape index (κ2) is 7.48. The van der Waals surface area contributed by atoms with Gasteiger partial charge in [0.25, 0.3) is 0 Å². The molecule has 0 saturated heterocycles. The summed E-state index contributed by atoms with van der Waals surface area (Å²) in [4.78, 5) is 0. The van der Waals surface area contributed by atoms with Crippen LogP contribution in [0, 0.1) is 0 Å². The Morgan fingerprint density at radius 1 is 0.483 bits per heavy atom. The summed E-state index contributed by atoms with van der Waals surface area (Å²) in [6.07, 6.45) is 0. The predicted molar refractivity (Wildman–Crippen MR) is 119 cm³/mol. The SMILES string of the molecule is CC(C)(c1cccc(-c2ccccc2)c1O)c1cccc(-c2ccccc2)c1O. The van der Waals surface area contributed by atoms with Crippen molar-refractivity contribution in [3.63, 3.8) is 0 Å². The maximum atomic E-state index is 11.1. The van der Waals surface area contributed by atoms with E-state index in [2.05, 4.69) is 0 Å². The van der Waals surface area contributed by atoms with Crippen molar-refractivity contribution in [3.05, 3.63) is 108 Å². The number of benzene rings is 4. The minimum atomic E-state index is -0.594. The predicted octanol–water partition coefficient (Wildman–Crippen LogP) is 6.76. The van der Waals surface area contributed by atoms with E-state index < -0.39 is 5.41 Å². The molecule has 0 atom stereocenters. The summed E-state index contributed by atoms with van der Waals surface area (Å²) in [5, 5.41) is 22.3. The summed E-state index contributed by atoms with van der Waals surface area (Å²) >= 11 is 0. The molecule has 0 aliphatic carbocycles. The lowest BCUT2D eigenvalue weighted by atomic mass is 9.75. The highest BCUT2D eigenvalue weighted by Gasteiger charge is 2.30. The third-order valence-electron chi connectivity index (χ3n) is 5.59. The van der Waals surface area contributed by atoms with Crippen LogP contribution in [0.2, 0.25) is 0 Å². The van der Waals surface area contributed by atoms with E-state index in [1.54, 1.807) is 0 Å². The largest absolute Gasteiger partial charge is 0.507 e. The Hall–Kier alpha value is -3.52. The molecule has 0 heterocycles. The normalized spacial score (nSPS) is 11.4. The quantitative estimate of drug-likeness (QED) is 0.411. The molecule has 0 fully saturated rings. The first kappa shape index (κ1) is 18.8. The maximum Gasteiger partial charge on any atom is 0.127 e. The Balaban J connectivity index is 1.85. The van der Waals surface area contributed by atoms with Crippen molar-refractivity contribution in [1.82, 2.24) is 0 Å². The molecule has 0 bridgehead atoms. The Labute approximate surface area is 171 Å². The fraction of sp³-hybridized carbons (Fsp3) is 0.111. The number of para-hydroxylation sites is 2. The Kier molecular flexibility index (Phi) is 4.85. The highest BCUT2D eigenvalue weighted by atomic mass is 16.3. The molecule has 0 spiro atoms. The standard InChI is InChI=1S/C27H24O2/c1-27(2,23-17-9-15-21(25(23)28)19-11-5-3-6-12-19)24-18-10-16-22(26(24)29)20-13-7-4-8-14-20/h3-18,28-29H,1-2H3. The van der Waals surface area contributed by atoms with Crippen molar-refractivity contribution < 1.29 is 10.2 Å². The van der Waals surface area contributed by atoms with Gasteiger partial charge in [-0.3, -0.25) is 0 Å². The number of phenolic OH excluding ortho intramolecular Hbond substituents is 2. The van der Waals surface area contributed by atoms with Crippen molar-refractivity contribution >= 4 is 0 Å². The molecule has 0 unspecified atom stereocenters. The summed E-state index contributed by atoms with van der Waals surface area (Å²) in [6, 6.07) is 31.3. The first-order valence-electron chi connectivity index (χ1n) is 9.76. The van der Waals surface area contributed by atoms with Crippen LogP contribution in [0.1, 0.15) is 25.0 Å². The lowest BCUT2D eigenvalue weighted by Crippen LogP contribution is -2.19. The summed E-state index contributed by atoms with van der Waals surface area (Å²) in [6.45, 7) is 4.06. The van der Waals surface area contributed by atoms with Gasteiger partial charge in [-0.2, -0.15) is 0 Å². The molecule has 0 radical (unpaired) electrons. The molecule has 144 valence electrons. The number of aromatic hydroxyl groups is 2. The van der Waals surface area contributed by atoms with Crippen LogP contribution in [-0.2, 0) is 5.41 Å². The molecular formula is C27H24O2. The van der Waals surface area contributed by atoms with Crippen molar-refractivity contribution in [1.29, 1.82) is 0 Å². The molecule has 0 aliphatic heterocycles. The molecule has 2 heteroatoms. The highest BCUT2D eigenvalue weighted by Crippen LogP contribution is 2.46. The van der Waals surface area contributed by atoms with Crippen LogP contribution in [0.5, 0.6) is 11.5 Å². The van der Waals surface area contributed by atoms with Gasteiger partial charge in [-0.1, -0.05) is 111 Å². The molecular weight excluding hydrogens is 356 g/mol. The number of phenols is 2. The van der Waals surface area contributed by atoms with Gasteiger partial charge >= 0.3 is 0 Å². The van der Waals surface area contributed by atoms with Gasteiger partial charge in [-0.15, -0.1) is 0 Å². The van der Waals surface area contributed by atoms with Crippen LogP contribution < -0.4 is 0 Å². The van der Waals surface area contributed by atoms with Crippen molar-refractivity contribution in [2.24, 2.45) is 0 Å². The first-order valence-corrected chi connectivity index (χ1v) is 9.76. The lowest BCUT2D eigenvalue weighted by molar-refractivity contribution is 0.437. The second-order valence-corrected chi connectivity index (χ2v) is 7.76. The van der Waals surface area contributed by atoms with E-state index in [-0.39, 0.29) is 11.5 Å². The molecule has 2 nitrogen and oxygen atoms in total. The highest BCUT2D eigenvalue weighted by molar-refractivity contribution is 5.75. The van der Waals surface area contributed by atoms with E-state index in [1.807, 2.05) is 111 Å². The van der Waals surface area contributed by atoms with Crippen LogP contribution >= 0.6 is 0 Å². The Bertz CT molecular complexity index is 1040. The molecule has 29 heavy (non-hydrogen) atoms. The topological polar surface area (TPSA) is 40.5 Å². The molecule has 2 N–H and O–H groups in total. The zero-order valence-corrected chi connectivity index (χ0v) is 16.6. The van der Waals surface area contributed by atoms with Gasteiger partial charge < -0.3 is 10.2 Å². The second-order valence-electron chi connectivity index (χ2n) is 7.76. The third-order valence-corrected chi connectivity index (χ3v) is 5.59. The van der Waals surface area contributed by atoms with E-state index in [1.165, 1.54) is 0 Å². The van der Waals surface area contributed by atoms with E-state index in [0.29, 0.717) is 0 Å². The minimum Gasteiger partial charge on any atom is -0.507 e. The van der Waals surface area contributed by atoms with Crippen LogP contribution in [0.3, 0.4) is 0 Å². The van der Waals surface area contributed by atoms with Crippen molar-refractivity contribution in [2.45, 2.75) is 19.3 Å². The van der Waals surface area contributed by atoms with E-state index >= 15 is 0 Å². The summed E-state index contributed by atoms with van der Waals surface area (Å²) < 4.78 is 0. The maximum absolute atomic E-state index is 11.1. The van der Waals surface area contributed by atoms with E-state index in [9.17, 15) is 10.2 Å².